The third kappa shape index (κ3) is 4.25. The molecule has 32 heavy (non-hydrogen) atoms. The lowest BCUT2D eigenvalue weighted by Gasteiger charge is -2.39. The first-order chi connectivity index (χ1) is 15.6. The van der Waals surface area contributed by atoms with Crippen LogP contribution < -0.4 is 4.90 Å². The fourth-order valence-electron chi connectivity index (χ4n) is 4.69. The van der Waals surface area contributed by atoms with Crippen molar-refractivity contribution in [3.63, 3.8) is 0 Å². The molecule has 3 aromatic rings. The van der Waals surface area contributed by atoms with Gasteiger partial charge in [-0.3, -0.25) is 14.5 Å². The molecule has 1 amide bonds. The summed E-state index contributed by atoms with van der Waals surface area (Å²) in [4.78, 5) is 34.3. The molecule has 2 aliphatic rings. The molecule has 1 aromatic carbocycles. The lowest BCUT2D eigenvalue weighted by atomic mass is 9.98. The van der Waals surface area contributed by atoms with E-state index >= 15 is 0 Å². The van der Waals surface area contributed by atoms with Crippen LogP contribution in [-0.4, -0.2) is 60.8 Å². The molecule has 2 aliphatic heterocycles. The quantitative estimate of drug-likeness (QED) is 0.527. The van der Waals surface area contributed by atoms with Gasteiger partial charge in [0.1, 0.15) is 0 Å². The van der Waals surface area contributed by atoms with Crippen molar-refractivity contribution in [2.45, 2.75) is 19.4 Å². The summed E-state index contributed by atoms with van der Waals surface area (Å²) in [7, 11) is 0. The molecule has 2 aromatic heterocycles. The number of anilines is 1. The monoisotopic (exact) mass is 465 g/mol. The summed E-state index contributed by atoms with van der Waals surface area (Å²) >= 11 is 3.54. The second-order valence-electron chi connectivity index (χ2n) is 8.42. The molecular weight excluding hydrogens is 438 g/mol. The fraction of sp³-hybridized carbons (Fsp3) is 0.360. The number of rotatable bonds is 5. The Morgan fingerprint density at radius 3 is 2.41 bits per heavy atom. The predicted octanol–water partition coefficient (Wildman–Crippen LogP) is 4.31. The molecule has 4 heterocycles. The van der Waals surface area contributed by atoms with E-state index in [1.54, 1.807) is 18.3 Å². The van der Waals surface area contributed by atoms with Crippen LogP contribution in [0.4, 0.5) is 5.69 Å². The van der Waals surface area contributed by atoms with Gasteiger partial charge in [0.2, 0.25) is 5.91 Å². The highest BCUT2D eigenvalue weighted by atomic mass is 32.1. The molecule has 1 saturated heterocycles. The van der Waals surface area contributed by atoms with Crippen LogP contribution >= 0.6 is 22.7 Å². The number of nitrogens with zero attached hydrogens (tertiary/aromatic N) is 3. The zero-order chi connectivity index (χ0) is 22.1. The van der Waals surface area contributed by atoms with Gasteiger partial charge in [-0.15, -0.1) is 22.7 Å². The molecule has 5 nitrogen and oxygen atoms in total. The molecule has 1 atom stereocenters. The Labute approximate surface area is 196 Å². The maximum atomic E-state index is 13.4. The standard InChI is InChI=1S/C25H27N3O2S2/c1-18(29)19-4-6-20(7-5-19)27-13-11-26(12-14-27)17-24(30)28-10-8-22-21(9-16-32-22)25(28)23-3-2-15-31-23/h2-7,9,15-16,25H,8,10-14,17H2,1H3. The van der Waals surface area contributed by atoms with Crippen molar-refractivity contribution in [1.82, 2.24) is 9.80 Å². The number of fused-ring (bicyclic) bond motifs is 1. The second kappa shape index (κ2) is 9.17. The van der Waals surface area contributed by atoms with Crippen LogP contribution in [0.25, 0.3) is 0 Å². The SMILES string of the molecule is CC(=O)c1ccc(N2CCN(CC(=O)N3CCc4sccc4C3c3cccs3)CC2)cc1. The van der Waals surface area contributed by atoms with Gasteiger partial charge in [-0.05, 0) is 66.1 Å². The average molecular weight is 466 g/mol. The van der Waals surface area contributed by atoms with Crippen LogP contribution in [0.2, 0.25) is 0 Å². The zero-order valence-corrected chi connectivity index (χ0v) is 19.8. The van der Waals surface area contributed by atoms with Crippen molar-refractivity contribution in [3.05, 3.63) is 74.1 Å². The van der Waals surface area contributed by atoms with Gasteiger partial charge < -0.3 is 9.80 Å². The van der Waals surface area contributed by atoms with E-state index in [0.29, 0.717) is 6.54 Å². The van der Waals surface area contributed by atoms with Crippen molar-refractivity contribution in [2.24, 2.45) is 0 Å². The van der Waals surface area contributed by atoms with Gasteiger partial charge in [-0.2, -0.15) is 0 Å². The number of carbonyl (C=O) groups is 2. The molecule has 0 radical (unpaired) electrons. The van der Waals surface area contributed by atoms with Crippen LogP contribution in [0.15, 0.2) is 53.2 Å². The van der Waals surface area contributed by atoms with E-state index in [4.69, 9.17) is 0 Å². The highest BCUT2D eigenvalue weighted by Gasteiger charge is 2.34. The number of amides is 1. The van der Waals surface area contributed by atoms with Gasteiger partial charge in [0, 0.05) is 53.7 Å². The Hall–Kier alpha value is -2.48. The number of hydrogen-bond donors (Lipinski definition) is 0. The predicted molar refractivity (Wildman–Crippen MR) is 131 cm³/mol. The van der Waals surface area contributed by atoms with Crippen LogP contribution in [-0.2, 0) is 11.2 Å². The summed E-state index contributed by atoms with van der Waals surface area (Å²) in [5, 5.41) is 4.25. The minimum atomic E-state index is 0.0542. The number of hydrogen-bond acceptors (Lipinski definition) is 6. The molecule has 0 spiro atoms. The number of carbonyl (C=O) groups excluding carboxylic acids is 2. The van der Waals surface area contributed by atoms with E-state index in [1.165, 1.54) is 15.3 Å². The third-order valence-corrected chi connectivity index (χ3v) is 8.39. The lowest BCUT2D eigenvalue weighted by molar-refractivity contribution is -0.134. The van der Waals surface area contributed by atoms with Crippen LogP contribution in [0.1, 0.15) is 38.6 Å². The molecule has 1 unspecified atom stereocenters. The first-order valence-corrected chi connectivity index (χ1v) is 12.8. The van der Waals surface area contributed by atoms with E-state index in [2.05, 4.69) is 43.7 Å². The Morgan fingerprint density at radius 2 is 1.72 bits per heavy atom. The average Bonchev–Trinajstić information content (AvgIpc) is 3.51. The van der Waals surface area contributed by atoms with Gasteiger partial charge in [0.05, 0.1) is 12.6 Å². The summed E-state index contributed by atoms with van der Waals surface area (Å²) in [5.41, 5.74) is 3.18. The van der Waals surface area contributed by atoms with Crippen LogP contribution in [0, 0.1) is 0 Å². The number of piperazine rings is 1. The molecule has 0 N–H and O–H groups in total. The Balaban J connectivity index is 1.22. The third-order valence-electron chi connectivity index (χ3n) is 6.47. The van der Waals surface area contributed by atoms with Gasteiger partial charge >= 0.3 is 0 Å². The van der Waals surface area contributed by atoms with Crippen molar-refractivity contribution in [1.29, 1.82) is 0 Å². The highest BCUT2D eigenvalue weighted by Crippen LogP contribution is 2.39. The number of Topliss-reactive ketones (excluding diaryl/α,β-unsaturated/α-hetero) is 1. The van der Waals surface area contributed by atoms with E-state index in [9.17, 15) is 9.59 Å². The molecule has 1 fully saturated rings. The lowest BCUT2D eigenvalue weighted by Crippen LogP contribution is -2.51. The van der Waals surface area contributed by atoms with E-state index in [-0.39, 0.29) is 17.7 Å². The normalized spacial score (nSPS) is 19.1. The minimum Gasteiger partial charge on any atom is -0.369 e. The Morgan fingerprint density at radius 1 is 0.938 bits per heavy atom. The highest BCUT2D eigenvalue weighted by molar-refractivity contribution is 7.10. The van der Waals surface area contributed by atoms with Crippen molar-refractivity contribution in [2.75, 3.05) is 44.2 Å². The first kappa shape index (κ1) is 21.4. The van der Waals surface area contributed by atoms with Crippen LogP contribution in [0.3, 0.4) is 0 Å². The Bertz CT molecular complexity index is 1080. The van der Waals surface area contributed by atoms with Crippen molar-refractivity contribution in [3.8, 4) is 0 Å². The number of ketones is 1. The maximum absolute atomic E-state index is 13.4. The van der Waals surface area contributed by atoms with Gasteiger partial charge in [-0.25, -0.2) is 0 Å². The van der Waals surface area contributed by atoms with E-state index in [0.717, 1.165) is 50.4 Å². The van der Waals surface area contributed by atoms with Crippen LogP contribution in [0.5, 0.6) is 0 Å². The number of benzene rings is 1. The fourth-order valence-corrected chi connectivity index (χ4v) is 6.45. The van der Waals surface area contributed by atoms with Gasteiger partial charge in [-0.1, -0.05) is 6.07 Å². The summed E-state index contributed by atoms with van der Waals surface area (Å²) in [6.07, 6.45) is 0.949. The van der Waals surface area contributed by atoms with Gasteiger partial charge in [0.15, 0.2) is 5.78 Å². The number of thiophene rings is 2. The maximum Gasteiger partial charge on any atom is 0.237 e. The molecule has 166 valence electrons. The van der Waals surface area contributed by atoms with E-state index < -0.39 is 0 Å². The summed E-state index contributed by atoms with van der Waals surface area (Å²) in [6.45, 7) is 6.35. The minimum absolute atomic E-state index is 0.0542. The molecule has 7 heteroatoms. The van der Waals surface area contributed by atoms with Gasteiger partial charge in [0.25, 0.3) is 0 Å². The Kier molecular flexibility index (Phi) is 6.13. The molecule has 5 rings (SSSR count). The summed E-state index contributed by atoms with van der Waals surface area (Å²) in [6, 6.07) is 14.3. The molecule has 0 aliphatic carbocycles. The van der Waals surface area contributed by atoms with E-state index in [1.807, 2.05) is 35.6 Å². The topological polar surface area (TPSA) is 43.9 Å². The summed E-state index contributed by atoms with van der Waals surface area (Å²) in [5.74, 6) is 0.313. The summed E-state index contributed by atoms with van der Waals surface area (Å²) < 4.78 is 0. The van der Waals surface area contributed by atoms with Crippen molar-refractivity contribution >= 4 is 40.1 Å². The molecule has 0 bridgehead atoms. The molecule has 0 saturated carbocycles. The van der Waals surface area contributed by atoms with Crippen molar-refractivity contribution < 1.29 is 9.59 Å². The zero-order valence-electron chi connectivity index (χ0n) is 18.2. The molecular formula is C25H27N3O2S2. The second-order valence-corrected chi connectivity index (χ2v) is 10.4. The first-order valence-electron chi connectivity index (χ1n) is 11.1. The smallest absolute Gasteiger partial charge is 0.237 e. The largest absolute Gasteiger partial charge is 0.369 e.